The van der Waals surface area contributed by atoms with Crippen LogP contribution in [-0.2, 0) is 7.05 Å². The molecule has 0 bridgehead atoms. The Kier molecular flexibility index (Phi) is 4.61. The lowest BCUT2D eigenvalue weighted by Gasteiger charge is -2.11. The molecular weight excluding hydrogens is 430 g/mol. The van der Waals surface area contributed by atoms with E-state index in [0.29, 0.717) is 23.1 Å². The van der Waals surface area contributed by atoms with Crippen molar-refractivity contribution in [1.29, 1.82) is 0 Å². The van der Waals surface area contributed by atoms with Gasteiger partial charge in [-0.1, -0.05) is 36.4 Å². The smallest absolute Gasteiger partial charge is 0.204 e. The number of nitrogens with zero attached hydrogens (tertiary/aromatic N) is 8. The van der Waals surface area contributed by atoms with Gasteiger partial charge in [-0.3, -0.25) is 0 Å². The fourth-order valence-electron chi connectivity index (χ4n) is 3.87. The highest BCUT2D eigenvalue weighted by Gasteiger charge is 2.16. The summed E-state index contributed by atoms with van der Waals surface area (Å²) in [6, 6.07) is 23.5. The number of methoxy groups -OCH3 is 1. The van der Waals surface area contributed by atoms with Crippen LogP contribution in [0.15, 0.2) is 72.8 Å². The van der Waals surface area contributed by atoms with Gasteiger partial charge in [0, 0.05) is 27.6 Å². The summed E-state index contributed by atoms with van der Waals surface area (Å²) < 4.78 is 7.04. The fraction of sp³-hybridized carbons (Fsp3) is 0.0833. The van der Waals surface area contributed by atoms with Crippen LogP contribution in [0.25, 0.3) is 39.2 Å². The van der Waals surface area contributed by atoms with Crippen molar-refractivity contribution in [2.75, 3.05) is 12.4 Å². The molecule has 0 amide bonds. The molecule has 0 saturated heterocycles. The van der Waals surface area contributed by atoms with E-state index < -0.39 is 0 Å². The molecule has 0 fully saturated rings. The van der Waals surface area contributed by atoms with E-state index in [1.54, 1.807) is 18.7 Å². The van der Waals surface area contributed by atoms with E-state index in [2.05, 4.69) is 30.9 Å². The van der Waals surface area contributed by atoms with Crippen molar-refractivity contribution < 1.29 is 4.74 Å². The van der Waals surface area contributed by atoms with Crippen LogP contribution in [0.5, 0.6) is 5.75 Å². The first-order valence-corrected chi connectivity index (χ1v) is 10.6. The normalized spacial score (nSPS) is 11.2. The number of rotatable bonds is 5. The minimum atomic E-state index is 0.556. The van der Waals surface area contributed by atoms with E-state index in [4.69, 9.17) is 9.84 Å². The molecule has 0 atom stereocenters. The Morgan fingerprint density at radius 1 is 0.794 bits per heavy atom. The largest absolute Gasteiger partial charge is 0.497 e. The van der Waals surface area contributed by atoms with Crippen molar-refractivity contribution in [3.63, 3.8) is 0 Å². The third kappa shape index (κ3) is 3.37. The van der Waals surface area contributed by atoms with Crippen molar-refractivity contribution in [3.05, 3.63) is 72.8 Å². The molecule has 34 heavy (non-hydrogen) atoms. The summed E-state index contributed by atoms with van der Waals surface area (Å²) in [5, 5.41) is 31.4. The summed E-state index contributed by atoms with van der Waals surface area (Å²) in [5.74, 6) is 2.65. The van der Waals surface area contributed by atoms with Crippen molar-refractivity contribution >= 4 is 27.9 Å². The third-order valence-corrected chi connectivity index (χ3v) is 5.50. The number of nitrogens with one attached hydrogen (secondary N) is 1. The van der Waals surface area contributed by atoms with Gasteiger partial charge in [0.05, 0.1) is 14.2 Å². The van der Waals surface area contributed by atoms with Gasteiger partial charge in [0.25, 0.3) is 0 Å². The van der Waals surface area contributed by atoms with Crippen molar-refractivity contribution in [3.8, 4) is 28.5 Å². The molecule has 0 unspecified atom stereocenters. The highest BCUT2D eigenvalue weighted by atomic mass is 16.5. The van der Waals surface area contributed by atoms with Gasteiger partial charge < -0.3 is 10.1 Å². The van der Waals surface area contributed by atoms with Crippen LogP contribution in [0, 0.1) is 0 Å². The second-order valence-electron chi connectivity index (χ2n) is 7.69. The molecule has 10 heteroatoms. The van der Waals surface area contributed by atoms with Crippen LogP contribution in [0.3, 0.4) is 0 Å². The number of hydrogen-bond acceptors (Lipinski definition) is 8. The molecule has 3 heterocycles. The topological polar surface area (TPSA) is 108 Å². The van der Waals surface area contributed by atoms with Gasteiger partial charge in [0.15, 0.2) is 17.3 Å². The molecule has 6 aromatic rings. The molecule has 0 aliphatic heterocycles. The molecule has 0 saturated carbocycles. The second-order valence-corrected chi connectivity index (χ2v) is 7.69. The number of anilines is 2. The lowest BCUT2D eigenvalue weighted by molar-refractivity contribution is 0.415. The molecule has 3 aromatic heterocycles. The molecule has 0 spiro atoms. The third-order valence-electron chi connectivity index (χ3n) is 5.50. The maximum Gasteiger partial charge on any atom is 0.204 e. The van der Waals surface area contributed by atoms with E-state index in [-0.39, 0.29) is 0 Å². The number of hydrogen-bond donors (Lipinski definition) is 1. The van der Waals surface area contributed by atoms with Crippen LogP contribution in [0.4, 0.5) is 11.5 Å². The Morgan fingerprint density at radius 2 is 1.62 bits per heavy atom. The first-order chi connectivity index (χ1) is 16.7. The van der Waals surface area contributed by atoms with Gasteiger partial charge in [0.2, 0.25) is 5.82 Å². The Labute approximate surface area is 193 Å². The minimum Gasteiger partial charge on any atom is -0.497 e. The maximum atomic E-state index is 5.28. The minimum absolute atomic E-state index is 0.556. The van der Waals surface area contributed by atoms with Gasteiger partial charge in [-0.2, -0.15) is 9.31 Å². The quantitative estimate of drug-likeness (QED) is 0.422. The summed E-state index contributed by atoms with van der Waals surface area (Å²) in [5.41, 5.74) is 3.27. The van der Waals surface area contributed by atoms with Crippen molar-refractivity contribution in [2.45, 2.75) is 0 Å². The number of aryl methyl sites for hydroxylation is 1. The lowest BCUT2D eigenvalue weighted by atomic mass is 10.1. The lowest BCUT2D eigenvalue weighted by Crippen LogP contribution is -2.02. The average Bonchev–Trinajstić information content (AvgIpc) is 3.51. The summed E-state index contributed by atoms with van der Waals surface area (Å²) in [4.78, 5) is 1.44. The molecule has 0 aliphatic rings. The fourth-order valence-corrected chi connectivity index (χ4v) is 3.87. The zero-order valence-electron chi connectivity index (χ0n) is 18.4. The van der Waals surface area contributed by atoms with Crippen molar-refractivity contribution in [1.82, 2.24) is 40.0 Å². The van der Waals surface area contributed by atoms with Crippen LogP contribution >= 0.6 is 0 Å². The zero-order valence-corrected chi connectivity index (χ0v) is 18.4. The number of aromatic nitrogens is 8. The van der Waals surface area contributed by atoms with Crippen LogP contribution < -0.4 is 10.1 Å². The zero-order chi connectivity index (χ0) is 23.1. The average molecular weight is 449 g/mol. The summed E-state index contributed by atoms with van der Waals surface area (Å²) in [6.07, 6.45) is 0. The molecule has 0 aliphatic carbocycles. The van der Waals surface area contributed by atoms with Gasteiger partial charge in [-0.25, -0.2) is 0 Å². The summed E-state index contributed by atoms with van der Waals surface area (Å²) in [7, 11) is 3.38. The Morgan fingerprint density at radius 3 is 2.38 bits per heavy atom. The summed E-state index contributed by atoms with van der Waals surface area (Å²) >= 11 is 0. The standard InChI is InChI=1S/C24H19N9O/c1-32-29-21(26-31-32)16-6-5-7-17(14-16)25-22-19-8-3-4-9-20(19)24-28-27-23(33(24)30-22)15-10-12-18(34-2)13-11-15/h3-14H,1-2H3,(H,25,30). The van der Waals surface area contributed by atoms with E-state index in [1.807, 2.05) is 72.8 Å². The number of tetrazole rings is 1. The van der Waals surface area contributed by atoms with Gasteiger partial charge in [0.1, 0.15) is 5.75 Å². The van der Waals surface area contributed by atoms with Gasteiger partial charge >= 0.3 is 0 Å². The summed E-state index contributed by atoms with van der Waals surface area (Å²) in [6.45, 7) is 0. The van der Waals surface area contributed by atoms with Crippen LogP contribution in [-0.4, -0.2) is 47.1 Å². The Balaban J connectivity index is 1.47. The molecule has 6 rings (SSSR count). The molecule has 166 valence electrons. The highest BCUT2D eigenvalue weighted by molar-refractivity contribution is 6.01. The van der Waals surface area contributed by atoms with E-state index in [0.717, 1.165) is 33.3 Å². The van der Waals surface area contributed by atoms with Gasteiger partial charge in [-0.05, 0) is 41.6 Å². The van der Waals surface area contributed by atoms with Gasteiger partial charge in [-0.15, -0.1) is 25.5 Å². The van der Waals surface area contributed by atoms with Crippen LogP contribution in [0.1, 0.15) is 0 Å². The first-order valence-electron chi connectivity index (χ1n) is 10.6. The molecular formula is C24H19N9O. The van der Waals surface area contributed by atoms with E-state index >= 15 is 0 Å². The van der Waals surface area contributed by atoms with Crippen molar-refractivity contribution in [2.24, 2.45) is 7.05 Å². The molecule has 10 nitrogen and oxygen atoms in total. The Bertz CT molecular complexity index is 1640. The highest BCUT2D eigenvalue weighted by Crippen LogP contribution is 2.30. The van der Waals surface area contributed by atoms with E-state index in [9.17, 15) is 0 Å². The number of fused-ring (bicyclic) bond motifs is 3. The Hall–Kier alpha value is -4.86. The number of benzene rings is 3. The SMILES string of the molecule is COc1ccc(-c2nnc3c4ccccc4c(Nc4cccc(-c5nnn(C)n5)c4)nn23)cc1. The van der Waals surface area contributed by atoms with Crippen LogP contribution in [0.2, 0.25) is 0 Å². The monoisotopic (exact) mass is 449 g/mol. The second kappa shape index (κ2) is 7.93. The van der Waals surface area contributed by atoms with E-state index in [1.165, 1.54) is 4.80 Å². The predicted octanol–water partition coefficient (Wildman–Crippen LogP) is 3.89. The maximum absolute atomic E-state index is 5.28. The first kappa shape index (κ1) is 19.8. The predicted molar refractivity (Wildman–Crippen MR) is 128 cm³/mol. The number of ether oxygens (including phenoxy) is 1. The molecule has 3 aromatic carbocycles. The molecule has 1 N–H and O–H groups in total. The molecule has 0 radical (unpaired) electrons.